The minimum Gasteiger partial charge on any atom is -0.493 e. The van der Waals surface area contributed by atoms with Crippen molar-refractivity contribution in [2.45, 2.75) is 76.7 Å². The van der Waals surface area contributed by atoms with Crippen molar-refractivity contribution in [3.63, 3.8) is 0 Å². The van der Waals surface area contributed by atoms with E-state index in [9.17, 15) is 9.18 Å². The van der Waals surface area contributed by atoms with Crippen molar-refractivity contribution in [3.8, 4) is 11.5 Å². The number of ether oxygens (including phenoxy) is 2. The molecule has 0 radical (unpaired) electrons. The van der Waals surface area contributed by atoms with Crippen molar-refractivity contribution < 1.29 is 23.0 Å². The van der Waals surface area contributed by atoms with Crippen molar-refractivity contribution >= 4 is 22.5 Å². The van der Waals surface area contributed by atoms with Crippen LogP contribution in [0.3, 0.4) is 0 Å². The standard InChI is InChI=1S/C31H40F2N4O3/c1-4-35-24(19-13-15-22(32)16-14-19)18-25(38)20-9-6-5-7-10-21(12-8-11-20)31-36-28-23(30(34)37-31)17-26(39-2)29(40-3)27(28)33/h13-17,20-21,24,35H,4-12,18H2,1-3H3,(H2,34,36,37)/t20?,21?,24-/m1/s1. The number of carbonyl (C=O) groups excluding carboxylic acids is 1. The molecule has 1 heterocycles. The fourth-order valence-corrected chi connectivity index (χ4v) is 5.81. The third kappa shape index (κ3) is 6.86. The first-order valence-electron chi connectivity index (χ1n) is 14.2. The summed E-state index contributed by atoms with van der Waals surface area (Å²) >= 11 is 0. The highest BCUT2D eigenvalue weighted by molar-refractivity contribution is 5.91. The predicted octanol–water partition coefficient (Wildman–Crippen LogP) is 6.65. The molecule has 0 saturated heterocycles. The van der Waals surface area contributed by atoms with E-state index in [4.69, 9.17) is 15.2 Å². The Balaban J connectivity index is 1.49. The molecule has 1 aromatic heterocycles. The summed E-state index contributed by atoms with van der Waals surface area (Å²) in [7, 11) is 2.83. The summed E-state index contributed by atoms with van der Waals surface area (Å²) in [5.74, 6) is 0.285. The van der Waals surface area contributed by atoms with Crippen LogP contribution in [0, 0.1) is 17.6 Å². The minimum absolute atomic E-state index is 0.0112. The van der Waals surface area contributed by atoms with Crippen molar-refractivity contribution in [3.05, 3.63) is 53.4 Å². The van der Waals surface area contributed by atoms with Gasteiger partial charge in [0.2, 0.25) is 0 Å². The van der Waals surface area contributed by atoms with E-state index in [2.05, 4.69) is 15.3 Å². The molecule has 3 N–H and O–H groups in total. The van der Waals surface area contributed by atoms with Gasteiger partial charge in [-0.1, -0.05) is 44.7 Å². The second kappa shape index (κ2) is 13.8. The summed E-state index contributed by atoms with van der Waals surface area (Å²) in [6.07, 6.45) is 7.47. The van der Waals surface area contributed by atoms with Crippen molar-refractivity contribution in [2.24, 2.45) is 5.92 Å². The Morgan fingerprint density at radius 3 is 2.42 bits per heavy atom. The number of nitrogens with zero attached hydrogens (tertiary/aromatic N) is 2. The average Bonchev–Trinajstić information content (AvgIpc) is 2.95. The molecule has 1 aliphatic carbocycles. The number of Topliss-reactive ketones (excluding diaryl/α,β-unsaturated/α-hetero) is 1. The lowest BCUT2D eigenvalue weighted by molar-refractivity contribution is -0.124. The first kappa shape index (κ1) is 29.6. The summed E-state index contributed by atoms with van der Waals surface area (Å²) in [4.78, 5) is 22.7. The molecule has 0 spiro atoms. The normalized spacial score (nSPS) is 19.2. The number of ketones is 1. The summed E-state index contributed by atoms with van der Waals surface area (Å²) in [5, 5.41) is 3.78. The monoisotopic (exact) mass is 554 g/mol. The van der Waals surface area contributed by atoms with Gasteiger partial charge >= 0.3 is 0 Å². The van der Waals surface area contributed by atoms with E-state index in [-0.39, 0.29) is 52.3 Å². The topological polar surface area (TPSA) is 99.4 Å². The molecule has 2 aromatic carbocycles. The van der Waals surface area contributed by atoms with Crippen molar-refractivity contribution in [1.82, 2.24) is 15.3 Å². The van der Waals surface area contributed by atoms with Crippen LogP contribution in [0.15, 0.2) is 30.3 Å². The number of hydrogen-bond acceptors (Lipinski definition) is 7. The lowest BCUT2D eigenvalue weighted by Gasteiger charge is -2.24. The smallest absolute Gasteiger partial charge is 0.199 e. The Kier molecular flexibility index (Phi) is 10.3. The van der Waals surface area contributed by atoms with Gasteiger partial charge in [0.15, 0.2) is 17.3 Å². The molecule has 7 nitrogen and oxygen atoms in total. The summed E-state index contributed by atoms with van der Waals surface area (Å²) in [6.45, 7) is 2.72. The Morgan fingerprint density at radius 1 is 1.02 bits per heavy atom. The summed E-state index contributed by atoms with van der Waals surface area (Å²) in [5.41, 5.74) is 7.32. The van der Waals surface area contributed by atoms with Gasteiger partial charge in [-0.3, -0.25) is 4.79 Å². The zero-order valence-electron chi connectivity index (χ0n) is 23.6. The number of anilines is 1. The zero-order chi connectivity index (χ0) is 28.6. The van der Waals surface area contributed by atoms with Crippen molar-refractivity contribution in [2.75, 3.05) is 26.5 Å². The molecule has 2 unspecified atom stereocenters. The highest BCUT2D eigenvalue weighted by Crippen LogP contribution is 2.39. The van der Waals surface area contributed by atoms with Gasteiger partial charge in [0.1, 0.15) is 28.8 Å². The molecule has 1 aliphatic rings. The molecule has 0 aliphatic heterocycles. The Labute approximate surface area is 234 Å². The van der Waals surface area contributed by atoms with Crippen molar-refractivity contribution in [1.29, 1.82) is 0 Å². The summed E-state index contributed by atoms with van der Waals surface area (Å²) in [6, 6.07) is 7.84. The molecular formula is C31H40F2N4O3. The van der Waals surface area contributed by atoms with Gasteiger partial charge in [0.25, 0.3) is 0 Å². The van der Waals surface area contributed by atoms with Gasteiger partial charge in [0.05, 0.1) is 14.2 Å². The van der Waals surface area contributed by atoms with Crippen LogP contribution in [-0.4, -0.2) is 36.5 Å². The zero-order valence-corrected chi connectivity index (χ0v) is 23.6. The third-order valence-corrected chi connectivity index (χ3v) is 7.98. The van der Waals surface area contributed by atoms with E-state index in [1.807, 2.05) is 6.92 Å². The lowest BCUT2D eigenvalue weighted by atomic mass is 9.83. The van der Waals surface area contributed by atoms with Gasteiger partial charge < -0.3 is 20.5 Å². The molecule has 216 valence electrons. The number of carbonyl (C=O) groups is 1. The number of aromatic nitrogens is 2. The Bertz CT molecular complexity index is 1300. The van der Waals surface area contributed by atoms with Crippen LogP contribution in [0.1, 0.15) is 88.1 Å². The largest absolute Gasteiger partial charge is 0.493 e. The molecule has 4 rings (SSSR count). The number of benzene rings is 2. The first-order valence-corrected chi connectivity index (χ1v) is 14.2. The van der Waals surface area contributed by atoms with Gasteiger partial charge in [-0.2, -0.15) is 0 Å². The quantitative estimate of drug-likeness (QED) is 0.305. The second-order valence-corrected chi connectivity index (χ2v) is 10.6. The number of methoxy groups -OCH3 is 2. The maximum atomic E-state index is 15.3. The molecule has 1 saturated carbocycles. The first-order chi connectivity index (χ1) is 19.4. The van der Waals surface area contributed by atoms with Crippen LogP contribution in [0.2, 0.25) is 0 Å². The maximum Gasteiger partial charge on any atom is 0.199 e. The number of nitrogens with one attached hydrogen (secondary N) is 1. The van der Waals surface area contributed by atoms with Gasteiger partial charge in [-0.25, -0.2) is 18.7 Å². The van der Waals surface area contributed by atoms with E-state index in [0.717, 1.165) is 63.5 Å². The molecule has 40 heavy (non-hydrogen) atoms. The fourth-order valence-electron chi connectivity index (χ4n) is 5.81. The summed E-state index contributed by atoms with van der Waals surface area (Å²) < 4.78 is 39.3. The van der Waals surface area contributed by atoms with Crippen LogP contribution in [0.5, 0.6) is 11.5 Å². The molecule has 0 bridgehead atoms. The number of fused-ring (bicyclic) bond motifs is 1. The SMILES string of the molecule is CCN[C@H](CC(=O)C1CCCCCC(c2nc(N)c3cc(OC)c(OC)c(F)c3n2)CCC1)c1ccc(F)cc1. The lowest BCUT2D eigenvalue weighted by Crippen LogP contribution is -2.27. The number of halogens is 2. The number of hydrogen-bond donors (Lipinski definition) is 2. The number of nitrogens with two attached hydrogens (primary N) is 1. The molecule has 3 atom stereocenters. The third-order valence-electron chi connectivity index (χ3n) is 7.98. The molecule has 3 aromatic rings. The van der Waals surface area contributed by atoms with E-state index >= 15 is 4.39 Å². The van der Waals surface area contributed by atoms with E-state index < -0.39 is 5.82 Å². The van der Waals surface area contributed by atoms with E-state index in [1.54, 1.807) is 18.2 Å². The highest BCUT2D eigenvalue weighted by atomic mass is 19.1. The molecule has 9 heteroatoms. The van der Waals surface area contributed by atoms with Crippen LogP contribution >= 0.6 is 0 Å². The highest BCUT2D eigenvalue weighted by Gasteiger charge is 2.26. The number of nitrogen functional groups attached to an aromatic ring is 1. The fraction of sp³-hybridized carbons (Fsp3) is 0.516. The number of rotatable bonds is 9. The minimum atomic E-state index is -0.617. The molecular weight excluding hydrogens is 514 g/mol. The van der Waals surface area contributed by atoms with Gasteiger partial charge in [-0.15, -0.1) is 0 Å². The predicted molar refractivity (Wildman–Crippen MR) is 153 cm³/mol. The molecule has 0 amide bonds. The van der Waals surface area contributed by atoms with Crippen LogP contribution in [-0.2, 0) is 4.79 Å². The average molecular weight is 555 g/mol. The second-order valence-electron chi connectivity index (χ2n) is 10.6. The molecule has 1 fully saturated rings. The Hall–Kier alpha value is -3.33. The van der Waals surface area contributed by atoms with Gasteiger partial charge in [-0.05, 0) is 56.0 Å². The Morgan fingerprint density at radius 2 is 1.73 bits per heavy atom. The van der Waals surface area contributed by atoms with Crippen LogP contribution in [0.25, 0.3) is 10.9 Å². The van der Waals surface area contributed by atoms with Crippen LogP contribution in [0.4, 0.5) is 14.6 Å². The van der Waals surface area contributed by atoms with E-state index in [0.29, 0.717) is 17.6 Å². The van der Waals surface area contributed by atoms with Crippen LogP contribution < -0.4 is 20.5 Å². The van der Waals surface area contributed by atoms with E-state index in [1.165, 1.54) is 26.4 Å². The maximum absolute atomic E-state index is 15.3. The van der Waals surface area contributed by atoms with Gasteiger partial charge in [0, 0.05) is 29.7 Å².